The minimum atomic E-state index is -3.69. The van der Waals surface area contributed by atoms with Gasteiger partial charge in [-0.3, -0.25) is 4.79 Å². The molecule has 1 aliphatic heterocycles. The third-order valence-electron chi connectivity index (χ3n) is 3.71. The number of carbonyl (C=O) groups excluding carboxylic acids is 1. The Kier molecular flexibility index (Phi) is 4.67. The molecule has 7 heteroatoms. The third kappa shape index (κ3) is 3.26. The van der Waals surface area contributed by atoms with Gasteiger partial charge in [0.25, 0.3) is 0 Å². The Bertz CT molecular complexity index is 701. The molecule has 1 saturated heterocycles. The van der Waals surface area contributed by atoms with Gasteiger partial charge in [0.2, 0.25) is 10.0 Å². The number of halogens is 1. The predicted molar refractivity (Wildman–Crippen MR) is 78.3 cm³/mol. The first-order valence-corrected chi connectivity index (χ1v) is 8.38. The van der Waals surface area contributed by atoms with Crippen molar-refractivity contribution in [2.24, 2.45) is 5.92 Å². The van der Waals surface area contributed by atoms with Gasteiger partial charge in [-0.2, -0.15) is 9.57 Å². The van der Waals surface area contributed by atoms with E-state index in [2.05, 4.69) is 0 Å². The molecule has 1 aromatic rings. The summed E-state index contributed by atoms with van der Waals surface area (Å²) in [6.07, 6.45) is 1.06. The van der Waals surface area contributed by atoms with Gasteiger partial charge in [-0.1, -0.05) is 11.6 Å². The van der Waals surface area contributed by atoms with E-state index < -0.39 is 10.0 Å². The molecule has 0 amide bonds. The molecular weight excluding hydrogens is 312 g/mol. The highest BCUT2D eigenvalue weighted by Gasteiger charge is 2.32. The van der Waals surface area contributed by atoms with Crippen LogP contribution in [-0.2, 0) is 14.8 Å². The zero-order chi connectivity index (χ0) is 15.6. The average molecular weight is 327 g/mol. The zero-order valence-corrected chi connectivity index (χ0v) is 13.1. The normalized spacial score (nSPS) is 17.4. The van der Waals surface area contributed by atoms with Crippen LogP contribution in [0, 0.1) is 17.2 Å². The second kappa shape index (κ2) is 6.14. The highest BCUT2D eigenvalue weighted by atomic mass is 35.5. The fourth-order valence-corrected chi connectivity index (χ4v) is 4.41. The van der Waals surface area contributed by atoms with Gasteiger partial charge in [0.1, 0.15) is 10.7 Å². The van der Waals surface area contributed by atoms with Gasteiger partial charge < -0.3 is 0 Å². The summed E-state index contributed by atoms with van der Waals surface area (Å²) in [4.78, 5) is 11.3. The van der Waals surface area contributed by atoms with Crippen LogP contribution in [0.1, 0.15) is 25.3 Å². The van der Waals surface area contributed by atoms with Gasteiger partial charge >= 0.3 is 0 Å². The Balaban J connectivity index is 2.24. The average Bonchev–Trinajstić information content (AvgIpc) is 2.46. The van der Waals surface area contributed by atoms with Gasteiger partial charge in [-0.25, -0.2) is 8.42 Å². The highest BCUT2D eigenvalue weighted by Crippen LogP contribution is 2.29. The number of ketones is 1. The molecular formula is C14H15ClN2O3S. The molecule has 0 saturated carbocycles. The molecule has 1 aliphatic rings. The maximum absolute atomic E-state index is 12.6. The Morgan fingerprint density at radius 2 is 2.00 bits per heavy atom. The standard InChI is InChI=1S/C14H15ClN2O3S/c1-10(18)12-4-6-17(7-5-12)21(19,20)14-3-2-11(9-16)8-13(14)15/h2-3,8,12H,4-7H2,1H3. The van der Waals surface area contributed by atoms with Crippen LogP contribution in [0.25, 0.3) is 0 Å². The van der Waals surface area contributed by atoms with Gasteiger partial charge in [0.05, 0.1) is 16.7 Å². The predicted octanol–water partition coefficient (Wildman–Crippen LogP) is 2.20. The van der Waals surface area contributed by atoms with Crippen LogP contribution < -0.4 is 0 Å². The van der Waals surface area contributed by atoms with E-state index in [9.17, 15) is 13.2 Å². The summed E-state index contributed by atoms with van der Waals surface area (Å²) in [6.45, 7) is 2.15. The maximum atomic E-state index is 12.6. The Morgan fingerprint density at radius 1 is 1.38 bits per heavy atom. The van der Waals surface area contributed by atoms with Crippen LogP contribution in [0.2, 0.25) is 5.02 Å². The fraction of sp³-hybridized carbons (Fsp3) is 0.429. The van der Waals surface area contributed by atoms with Crippen molar-refractivity contribution in [1.82, 2.24) is 4.31 Å². The lowest BCUT2D eigenvalue weighted by molar-refractivity contribution is -0.121. The number of carbonyl (C=O) groups is 1. The van der Waals surface area contributed by atoms with E-state index in [1.165, 1.54) is 29.4 Å². The Morgan fingerprint density at radius 3 is 2.48 bits per heavy atom. The number of nitriles is 1. The lowest BCUT2D eigenvalue weighted by Crippen LogP contribution is -2.39. The molecule has 1 aromatic carbocycles. The summed E-state index contributed by atoms with van der Waals surface area (Å²) >= 11 is 5.98. The van der Waals surface area contributed by atoms with Crippen molar-refractivity contribution in [1.29, 1.82) is 5.26 Å². The molecule has 0 N–H and O–H groups in total. The third-order valence-corrected chi connectivity index (χ3v) is 6.09. The van der Waals surface area contributed by atoms with E-state index in [1.807, 2.05) is 6.07 Å². The Hall–Kier alpha value is -1.42. The number of nitrogens with zero attached hydrogens (tertiary/aromatic N) is 2. The number of hydrogen-bond acceptors (Lipinski definition) is 4. The fourth-order valence-electron chi connectivity index (χ4n) is 2.42. The minimum Gasteiger partial charge on any atom is -0.300 e. The van der Waals surface area contributed by atoms with Gasteiger partial charge in [0.15, 0.2) is 0 Å². The smallest absolute Gasteiger partial charge is 0.244 e. The van der Waals surface area contributed by atoms with Crippen LogP contribution in [0.4, 0.5) is 0 Å². The van der Waals surface area contributed by atoms with Crippen molar-refractivity contribution in [3.8, 4) is 6.07 Å². The molecule has 0 aliphatic carbocycles. The van der Waals surface area contributed by atoms with Gasteiger partial charge in [0, 0.05) is 19.0 Å². The molecule has 1 fully saturated rings. The van der Waals surface area contributed by atoms with E-state index in [1.54, 1.807) is 0 Å². The molecule has 0 radical (unpaired) electrons. The van der Waals surface area contributed by atoms with Crippen molar-refractivity contribution in [3.05, 3.63) is 28.8 Å². The summed E-state index contributed by atoms with van der Waals surface area (Å²) in [6, 6.07) is 6.04. The lowest BCUT2D eigenvalue weighted by Gasteiger charge is -2.30. The summed E-state index contributed by atoms with van der Waals surface area (Å²) in [5.41, 5.74) is 0.314. The van der Waals surface area contributed by atoms with E-state index in [-0.39, 0.29) is 21.6 Å². The van der Waals surface area contributed by atoms with Gasteiger partial charge in [-0.05, 0) is 38.0 Å². The van der Waals surface area contributed by atoms with Crippen molar-refractivity contribution < 1.29 is 13.2 Å². The maximum Gasteiger partial charge on any atom is 0.244 e. The van der Waals surface area contributed by atoms with Crippen molar-refractivity contribution in [2.75, 3.05) is 13.1 Å². The first-order chi connectivity index (χ1) is 9.86. The van der Waals surface area contributed by atoms with Crippen molar-refractivity contribution in [2.45, 2.75) is 24.7 Å². The first-order valence-electron chi connectivity index (χ1n) is 6.56. The first kappa shape index (κ1) is 16.0. The topological polar surface area (TPSA) is 78.2 Å². The molecule has 112 valence electrons. The largest absolute Gasteiger partial charge is 0.300 e. The second-order valence-corrected chi connectivity index (χ2v) is 7.36. The Labute approximate surface area is 129 Å². The van der Waals surface area contributed by atoms with Crippen molar-refractivity contribution in [3.63, 3.8) is 0 Å². The molecule has 0 atom stereocenters. The number of rotatable bonds is 3. The molecule has 0 bridgehead atoms. The molecule has 5 nitrogen and oxygen atoms in total. The summed E-state index contributed by atoms with van der Waals surface area (Å²) in [5, 5.41) is 8.83. The molecule has 21 heavy (non-hydrogen) atoms. The summed E-state index contributed by atoms with van der Waals surface area (Å²) in [5.74, 6) is 0.0383. The zero-order valence-electron chi connectivity index (χ0n) is 11.5. The molecule has 0 spiro atoms. The molecule has 2 rings (SSSR count). The van der Waals surface area contributed by atoms with E-state index in [0.717, 1.165) is 0 Å². The minimum absolute atomic E-state index is 0.00411. The monoisotopic (exact) mass is 326 g/mol. The SMILES string of the molecule is CC(=O)C1CCN(S(=O)(=O)c2ccc(C#N)cc2Cl)CC1. The highest BCUT2D eigenvalue weighted by molar-refractivity contribution is 7.89. The second-order valence-electron chi connectivity index (χ2n) is 5.05. The van der Waals surface area contributed by atoms with E-state index in [4.69, 9.17) is 16.9 Å². The number of benzene rings is 1. The van der Waals surface area contributed by atoms with Gasteiger partial charge in [-0.15, -0.1) is 0 Å². The van der Waals surface area contributed by atoms with Crippen LogP contribution in [0.5, 0.6) is 0 Å². The summed E-state index contributed by atoms with van der Waals surface area (Å²) in [7, 11) is -3.69. The van der Waals surface area contributed by atoms with Crippen molar-refractivity contribution >= 4 is 27.4 Å². The molecule has 0 aromatic heterocycles. The number of sulfonamides is 1. The lowest BCUT2D eigenvalue weighted by atomic mass is 9.95. The van der Waals surface area contributed by atoms with Crippen LogP contribution >= 0.6 is 11.6 Å². The number of hydrogen-bond donors (Lipinski definition) is 0. The molecule has 1 heterocycles. The molecule has 0 unspecified atom stereocenters. The van der Waals surface area contributed by atoms with E-state index in [0.29, 0.717) is 31.5 Å². The quantitative estimate of drug-likeness (QED) is 0.853. The number of Topliss-reactive ketones (excluding diaryl/α,β-unsaturated/α-hetero) is 1. The van der Waals surface area contributed by atoms with E-state index >= 15 is 0 Å². The number of piperidine rings is 1. The van der Waals surface area contributed by atoms with Crippen LogP contribution in [0.3, 0.4) is 0 Å². The summed E-state index contributed by atoms with van der Waals surface area (Å²) < 4.78 is 26.5. The van der Waals surface area contributed by atoms with Crippen LogP contribution in [-0.4, -0.2) is 31.6 Å². The van der Waals surface area contributed by atoms with Crippen LogP contribution in [0.15, 0.2) is 23.1 Å².